The van der Waals surface area contributed by atoms with Crippen LogP contribution in [0.5, 0.6) is 0 Å². The SMILES string of the molecule is Nc1c(F)c(-c2ccc3cc[nH]c3c2F)nc(C(=O)OO)c1Cl. The van der Waals surface area contributed by atoms with Gasteiger partial charge >= 0.3 is 5.97 Å². The van der Waals surface area contributed by atoms with Gasteiger partial charge in [0.1, 0.15) is 5.69 Å². The first kappa shape index (κ1) is 15.2. The number of fused-ring (bicyclic) bond motifs is 1. The van der Waals surface area contributed by atoms with Crippen molar-refractivity contribution in [2.24, 2.45) is 0 Å². The number of anilines is 1. The second-order valence-electron chi connectivity index (χ2n) is 4.60. The van der Waals surface area contributed by atoms with Gasteiger partial charge in [-0.25, -0.2) is 18.6 Å². The van der Waals surface area contributed by atoms with Crippen LogP contribution in [-0.2, 0) is 4.89 Å². The summed E-state index contributed by atoms with van der Waals surface area (Å²) in [6.45, 7) is 0. The van der Waals surface area contributed by atoms with Gasteiger partial charge < -0.3 is 10.7 Å². The lowest BCUT2D eigenvalue weighted by molar-refractivity contribution is -0.183. The van der Waals surface area contributed by atoms with E-state index in [2.05, 4.69) is 14.9 Å². The monoisotopic (exact) mass is 339 g/mol. The Morgan fingerprint density at radius 1 is 1.30 bits per heavy atom. The minimum atomic E-state index is -1.34. The molecule has 0 bridgehead atoms. The van der Waals surface area contributed by atoms with Crippen molar-refractivity contribution in [2.75, 3.05) is 5.73 Å². The van der Waals surface area contributed by atoms with Crippen LogP contribution >= 0.6 is 11.6 Å². The van der Waals surface area contributed by atoms with Crippen molar-refractivity contribution in [1.82, 2.24) is 9.97 Å². The molecule has 2 heterocycles. The van der Waals surface area contributed by atoms with E-state index in [1.54, 1.807) is 12.1 Å². The van der Waals surface area contributed by atoms with E-state index in [0.717, 1.165) is 0 Å². The van der Waals surface area contributed by atoms with E-state index >= 15 is 0 Å². The van der Waals surface area contributed by atoms with Crippen LogP contribution in [-0.4, -0.2) is 21.2 Å². The molecular formula is C14H8ClF2N3O3. The molecule has 0 aliphatic carbocycles. The number of carbonyl (C=O) groups excluding carboxylic acids is 1. The third-order valence-electron chi connectivity index (χ3n) is 3.31. The van der Waals surface area contributed by atoms with Crippen LogP contribution in [0.1, 0.15) is 10.5 Å². The topological polar surface area (TPSA) is 101 Å². The maximum Gasteiger partial charge on any atom is 0.392 e. The molecule has 0 aliphatic heterocycles. The maximum atomic E-state index is 14.5. The highest BCUT2D eigenvalue weighted by Gasteiger charge is 2.25. The predicted molar refractivity (Wildman–Crippen MR) is 78.9 cm³/mol. The fraction of sp³-hybridized carbons (Fsp3) is 0. The van der Waals surface area contributed by atoms with Crippen LogP contribution in [0.15, 0.2) is 24.4 Å². The zero-order chi connectivity index (χ0) is 16.7. The Bertz CT molecular complexity index is 943. The number of nitrogen functional groups attached to an aromatic ring is 1. The summed E-state index contributed by atoms with van der Waals surface area (Å²) in [5, 5.41) is 8.48. The van der Waals surface area contributed by atoms with Gasteiger partial charge in [-0.15, -0.1) is 0 Å². The molecule has 2 aromatic heterocycles. The molecule has 0 atom stereocenters. The van der Waals surface area contributed by atoms with Crippen molar-refractivity contribution in [1.29, 1.82) is 0 Å². The summed E-state index contributed by atoms with van der Waals surface area (Å²) in [6.07, 6.45) is 1.52. The van der Waals surface area contributed by atoms with E-state index in [9.17, 15) is 13.6 Å². The summed E-state index contributed by atoms with van der Waals surface area (Å²) in [4.78, 5) is 21.3. The highest BCUT2D eigenvalue weighted by atomic mass is 35.5. The number of hydrogen-bond acceptors (Lipinski definition) is 5. The first-order valence-corrected chi connectivity index (χ1v) is 6.59. The number of carbonyl (C=O) groups is 1. The quantitative estimate of drug-likeness (QED) is 0.491. The third-order valence-corrected chi connectivity index (χ3v) is 3.69. The van der Waals surface area contributed by atoms with Crippen molar-refractivity contribution in [3.8, 4) is 11.3 Å². The molecule has 0 aliphatic rings. The second-order valence-corrected chi connectivity index (χ2v) is 4.98. The van der Waals surface area contributed by atoms with E-state index < -0.39 is 39.7 Å². The Balaban J connectivity index is 2.31. The molecule has 0 fully saturated rings. The molecule has 0 spiro atoms. The number of nitrogens with two attached hydrogens (primary N) is 1. The molecule has 0 saturated heterocycles. The summed E-state index contributed by atoms with van der Waals surface area (Å²) in [5.41, 5.74) is 3.64. The molecule has 118 valence electrons. The first-order valence-electron chi connectivity index (χ1n) is 6.22. The molecule has 0 amide bonds. The molecule has 1 aromatic carbocycles. The standard InChI is InChI=1S/C14H8ClF2N3O3/c15-7-10(18)9(17)12(20-13(7)14(21)23-22)6-2-1-5-3-4-19-11(5)8(6)16/h1-4,19,22H,(H2,18,20). The fourth-order valence-corrected chi connectivity index (χ4v) is 2.40. The lowest BCUT2D eigenvalue weighted by Gasteiger charge is -2.11. The Kier molecular flexibility index (Phi) is 3.63. The highest BCUT2D eigenvalue weighted by molar-refractivity contribution is 6.35. The van der Waals surface area contributed by atoms with Crippen molar-refractivity contribution < 1.29 is 23.7 Å². The second kappa shape index (κ2) is 5.49. The Labute approximate surface area is 132 Å². The Morgan fingerprint density at radius 2 is 2.04 bits per heavy atom. The largest absolute Gasteiger partial charge is 0.395 e. The van der Waals surface area contributed by atoms with Crippen LogP contribution in [0, 0.1) is 11.6 Å². The summed E-state index contributed by atoms with van der Waals surface area (Å²) in [7, 11) is 0. The smallest absolute Gasteiger partial charge is 0.392 e. The van der Waals surface area contributed by atoms with E-state index in [0.29, 0.717) is 5.39 Å². The van der Waals surface area contributed by atoms with E-state index in [-0.39, 0.29) is 11.1 Å². The van der Waals surface area contributed by atoms with Crippen molar-refractivity contribution in [2.45, 2.75) is 0 Å². The fourth-order valence-electron chi connectivity index (χ4n) is 2.19. The van der Waals surface area contributed by atoms with E-state index in [1.807, 2.05) is 0 Å². The lowest BCUT2D eigenvalue weighted by Crippen LogP contribution is -2.11. The Morgan fingerprint density at radius 3 is 2.74 bits per heavy atom. The molecule has 3 aromatic rings. The van der Waals surface area contributed by atoms with Gasteiger partial charge in [-0.1, -0.05) is 17.7 Å². The minimum Gasteiger partial charge on any atom is -0.395 e. The number of pyridine rings is 1. The zero-order valence-corrected chi connectivity index (χ0v) is 12.0. The third kappa shape index (κ3) is 2.28. The van der Waals surface area contributed by atoms with Gasteiger partial charge in [-0.3, -0.25) is 4.89 Å². The maximum absolute atomic E-state index is 14.5. The van der Waals surface area contributed by atoms with Gasteiger partial charge in [-0.05, 0) is 12.1 Å². The molecule has 0 radical (unpaired) electrons. The summed E-state index contributed by atoms with van der Waals surface area (Å²) in [6, 6.07) is 4.47. The number of halogens is 3. The number of aromatic nitrogens is 2. The minimum absolute atomic E-state index is 0.142. The van der Waals surface area contributed by atoms with Gasteiger partial charge in [0.15, 0.2) is 17.3 Å². The van der Waals surface area contributed by atoms with Gasteiger partial charge in [0, 0.05) is 17.1 Å². The van der Waals surface area contributed by atoms with Gasteiger partial charge in [0.25, 0.3) is 0 Å². The van der Waals surface area contributed by atoms with Crippen LogP contribution < -0.4 is 5.73 Å². The summed E-state index contributed by atoms with van der Waals surface area (Å²) < 4.78 is 28.9. The van der Waals surface area contributed by atoms with Crippen molar-refractivity contribution >= 4 is 34.2 Å². The van der Waals surface area contributed by atoms with E-state index in [1.165, 1.54) is 12.3 Å². The number of aromatic amines is 1. The number of hydrogen-bond donors (Lipinski definition) is 3. The molecule has 0 unspecified atom stereocenters. The van der Waals surface area contributed by atoms with Crippen molar-refractivity contribution in [3.05, 3.63) is 46.7 Å². The summed E-state index contributed by atoms with van der Waals surface area (Å²) in [5.74, 6) is -3.21. The Hall–Kier alpha value is -2.71. The number of H-pyrrole nitrogens is 1. The molecule has 3 rings (SSSR count). The first-order chi connectivity index (χ1) is 11.0. The van der Waals surface area contributed by atoms with Crippen LogP contribution in [0.25, 0.3) is 22.2 Å². The van der Waals surface area contributed by atoms with Gasteiger partial charge in [0.05, 0.1) is 16.2 Å². The molecular weight excluding hydrogens is 332 g/mol. The summed E-state index contributed by atoms with van der Waals surface area (Å²) >= 11 is 5.71. The predicted octanol–water partition coefficient (Wildman–Crippen LogP) is 3.37. The van der Waals surface area contributed by atoms with Crippen molar-refractivity contribution in [3.63, 3.8) is 0 Å². The highest BCUT2D eigenvalue weighted by Crippen LogP contribution is 2.35. The normalized spacial score (nSPS) is 11.0. The average Bonchev–Trinajstić information content (AvgIpc) is 3.03. The number of nitrogens with zero attached hydrogens (tertiary/aromatic N) is 1. The number of nitrogens with one attached hydrogen (secondary N) is 1. The molecule has 4 N–H and O–H groups in total. The van der Waals surface area contributed by atoms with Crippen LogP contribution in [0.4, 0.5) is 14.5 Å². The van der Waals surface area contributed by atoms with E-state index in [4.69, 9.17) is 22.6 Å². The number of rotatable bonds is 2. The van der Waals surface area contributed by atoms with Crippen LogP contribution in [0.2, 0.25) is 5.02 Å². The average molecular weight is 340 g/mol. The molecule has 23 heavy (non-hydrogen) atoms. The molecule has 6 nitrogen and oxygen atoms in total. The van der Waals surface area contributed by atoms with Gasteiger partial charge in [0.2, 0.25) is 0 Å². The zero-order valence-electron chi connectivity index (χ0n) is 11.2. The van der Waals surface area contributed by atoms with Gasteiger partial charge in [-0.2, -0.15) is 5.26 Å². The number of benzene rings is 1. The molecule has 0 saturated carbocycles. The van der Waals surface area contributed by atoms with Crippen LogP contribution in [0.3, 0.4) is 0 Å². The lowest BCUT2D eigenvalue weighted by atomic mass is 10.1. The molecule has 9 heteroatoms.